The van der Waals surface area contributed by atoms with Gasteiger partial charge in [-0.2, -0.15) is 0 Å². The zero-order valence-electron chi connectivity index (χ0n) is 11.4. The molecule has 1 aromatic carbocycles. The van der Waals surface area contributed by atoms with Gasteiger partial charge in [-0.3, -0.25) is 10.1 Å². The minimum absolute atomic E-state index is 0.0303. The van der Waals surface area contributed by atoms with Crippen LogP contribution in [0.15, 0.2) is 18.2 Å². The van der Waals surface area contributed by atoms with Gasteiger partial charge in [-0.25, -0.2) is 8.78 Å². The third-order valence-corrected chi connectivity index (χ3v) is 2.84. The van der Waals surface area contributed by atoms with Gasteiger partial charge in [0.15, 0.2) is 5.75 Å². The first-order chi connectivity index (χ1) is 9.80. The first kappa shape index (κ1) is 17.2. The van der Waals surface area contributed by atoms with Crippen LogP contribution in [0, 0.1) is 10.1 Å². The van der Waals surface area contributed by atoms with Crippen LogP contribution in [0.4, 0.5) is 14.5 Å². The van der Waals surface area contributed by atoms with Crippen LogP contribution in [0.25, 0.3) is 0 Å². The number of hydrogen-bond donors (Lipinski definition) is 3. The van der Waals surface area contributed by atoms with Crippen LogP contribution in [0.3, 0.4) is 0 Å². The van der Waals surface area contributed by atoms with Crippen molar-refractivity contribution in [2.75, 3.05) is 26.8 Å². The van der Waals surface area contributed by atoms with E-state index in [0.29, 0.717) is 5.56 Å². The minimum atomic E-state index is -3.09. The van der Waals surface area contributed by atoms with Crippen molar-refractivity contribution >= 4 is 5.69 Å². The zero-order valence-corrected chi connectivity index (χ0v) is 11.4. The Hall–Kier alpha value is -1.84. The lowest BCUT2D eigenvalue weighted by atomic mass is 10.1. The number of methoxy groups -OCH3 is 1. The Labute approximate surface area is 119 Å². The molecule has 0 radical (unpaired) electrons. The Morgan fingerprint density at radius 3 is 2.76 bits per heavy atom. The fourth-order valence-electron chi connectivity index (χ4n) is 1.69. The Bertz CT molecular complexity index is 499. The Morgan fingerprint density at radius 1 is 1.57 bits per heavy atom. The normalized spacial score (nSPS) is 13.1. The summed E-state index contributed by atoms with van der Waals surface area (Å²) in [4.78, 5) is 10.0. The summed E-state index contributed by atoms with van der Waals surface area (Å²) < 4.78 is 31.2. The SMILES string of the molecule is COCC(NCC(F)(F)CN)c1ccc(O)c([N+](=O)[O-])c1. The van der Waals surface area contributed by atoms with Crippen molar-refractivity contribution in [2.45, 2.75) is 12.0 Å². The van der Waals surface area contributed by atoms with Crippen LogP contribution in [-0.2, 0) is 4.74 Å². The second kappa shape index (κ2) is 7.25. The molecule has 0 spiro atoms. The van der Waals surface area contributed by atoms with E-state index in [4.69, 9.17) is 10.5 Å². The van der Waals surface area contributed by atoms with Crippen molar-refractivity contribution in [1.82, 2.24) is 5.32 Å². The van der Waals surface area contributed by atoms with Gasteiger partial charge in [0.25, 0.3) is 5.92 Å². The average molecular weight is 305 g/mol. The molecule has 0 aliphatic heterocycles. The number of nitro groups is 1. The molecule has 0 amide bonds. The van der Waals surface area contributed by atoms with Crippen molar-refractivity contribution < 1.29 is 23.5 Å². The first-order valence-electron chi connectivity index (χ1n) is 6.08. The summed E-state index contributed by atoms with van der Waals surface area (Å²) in [6.07, 6.45) is 0. The highest BCUT2D eigenvalue weighted by Crippen LogP contribution is 2.29. The van der Waals surface area contributed by atoms with Crippen LogP contribution in [0.5, 0.6) is 5.75 Å². The number of phenolic OH excluding ortho intramolecular Hbond substituents is 1. The molecule has 9 heteroatoms. The quantitative estimate of drug-likeness (QED) is 0.491. The van der Waals surface area contributed by atoms with E-state index in [0.717, 1.165) is 12.1 Å². The number of halogens is 2. The molecular weight excluding hydrogens is 288 g/mol. The number of phenols is 1. The number of nitro benzene ring substituents is 1. The molecule has 0 heterocycles. The Morgan fingerprint density at radius 2 is 2.24 bits per heavy atom. The van der Waals surface area contributed by atoms with Gasteiger partial charge in [0.05, 0.1) is 30.7 Å². The summed E-state index contributed by atoms with van der Waals surface area (Å²) in [5.41, 5.74) is 4.80. The summed E-state index contributed by atoms with van der Waals surface area (Å²) >= 11 is 0. The van der Waals surface area contributed by atoms with E-state index in [-0.39, 0.29) is 6.61 Å². The van der Waals surface area contributed by atoms with Crippen molar-refractivity contribution in [2.24, 2.45) is 5.73 Å². The molecule has 0 bridgehead atoms. The van der Waals surface area contributed by atoms with Crippen LogP contribution >= 0.6 is 0 Å². The van der Waals surface area contributed by atoms with Gasteiger partial charge in [-0.15, -0.1) is 0 Å². The van der Waals surface area contributed by atoms with Crippen LogP contribution < -0.4 is 11.1 Å². The molecule has 0 saturated heterocycles. The van der Waals surface area contributed by atoms with E-state index in [9.17, 15) is 24.0 Å². The lowest BCUT2D eigenvalue weighted by molar-refractivity contribution is -0.385. The van der Waals surface area contributed by atoms with Gasteiger partial charge in [0, 0.05) is 13.2 Å². The van der Waals surface area contributed by atoms with Crippen LogP contribution in [-0.4, -0.2) is 42.8 Å². The topological polar surface area (TPSA) is 111 Å². The van der Waals surface area contributed by atoms with Gasteiger partial charge in [0.1, 0.15) is 0 Å². The summed E-state index contributed by atoms with van der Waals surface area (Å²) in [6.45, 7) is -1.47. The van der Waals surface area contributed by atoms with Gasteiger partial charge in [-0.1, -0.05) is 6.07 Å². The maximum absolute atomic E-state index is 13.2. The predicted molar refractivity (Wildman–Crippen MR) is 71.4 cm³/mol. The molecule has 0 saturated carbocycles. The molecule has 1 aromatic rings. The van der Waals surface area contributed by atoms with E-state index < -0.39 is 41.4 Å². The maximum Gasteiger partial charge on any atom is 0.311 e. The number of benzene rings is 1. The molecule has 7 nitrogen and oxygen atoms in total. The molecule has 0 aromatic heterocycles. The molecule has 1 unspecified atom stereocenters. The highest BCUT2D eigenvalue weighted by Gasteiger charge is 2.28. The molecule has 1 atom stereocenters. The monoisotopic (exact) mass is 305 g/mol. The van der Waals surface area contributed by atoms with Gasteiger partial charge < -0.3 is 20.9 Å². The minimum Gasteiger partial charge on any atom is -0.502 e. The third kappa shape index (κ3) is 4.88. The Kier molecular flexibility index (Phi) is 5.94. The summed E-state index contributed by atoms with van der Waals surface area (Å²) in [7, 11) is 1.38. The predicted octanol–water partition coefficient (Wildman–Crippen LogP) is 1.17. The van der Waals surface area contributed by atoms with Gasteiger partial charge in [0.2, 0.25) is 0 Å². The molecular formula is C12H17F2N3O4. The lowest BCUT2D eigenvalue weighted by Crippen LogP contribution is -2.41. The number of nitrogens with two attached hydrogens (primary N) is 1. The molecule has 0 fully saturated rings. The second-order valence-corrected chi connectivity index (χ2v) is 4.45. The summed E-state index contributed by atoms with van der Waals surface area (Å²) in [6, 6.07) is 2.97. The van der Waals surface area contributed by atoms with E-state index in [1.54, 1.807) is 0 Å². The fourth-order valence-corrected chi connectivity index (χ4v) is 1.69. The molecule has 1 rings (SSSR count). The third-order valence-electron chi connectivity index (χ3n) is 2.84. The molecule has 21 heavy (non-hydrogen) atoms. The highest BCUT2D eigenvalue weighted by atomic mass is 19.3. The number of rotatable bonds is 8. The second-order valence-electron chi connectivity index (χ2n) is 4.45. The fraction of sp³-hybridized carbons (Fsp3) is 0.500. The van der Waals surface area contributed by atoms with E-state index >= 15 is 0 Å². The number of alkyl halides is 2. The average Bonchev–Trinajstić information content (AvgIpc) is 2.44. The van der Waals surface area contributed by atoms with E-state index in [1.165, 1.54) is 13.2 Å². The largest absolute Gasteiger partial charge is 0.502 e. The maximum atomic E-state index is 13.2. The van der Waals surface area contributed by atoms with Gasteiger partial charge >= 0.3 is 5.69 Å². The summed E-state index contributed by atoms with van der Waals surface area (Å²) in [5.74, 6) is -3.58. The molecule has 118 valence electrons. The number of nitrogens with zero attached hydrogens (tertiary/aromatic N) is 1. The first-order valence-corrected chi connectivity index (χ1v) is 6.08. The lowest BCUT2D eigenvalue weighted by Gasteiger charge is -2.22. The smallest absolute Gasteiger partial charge is 0.311 e. The summed E-state index contributed by atoms with van der Waals surface area (Å²) in [5, 5.41) is 22.7. The Balaban J connectivity index is 2.95. The zero-order chi connectivity index (χ0) is 16.0. The van der Waals surface area contributed by atoms with Crippen molar-refractivity contribution in [3.8, 4) is 5.75 Å². The molecule has 4 N–H and O–H groups in total. The highest BCUT2D eigenvalue weighted by molar-refractivity contribution is 5.48. The number of hydrogen-bond acceptors (Lipinski definition) is 6. The van der Waals surface area contributed by atoms with Crippen molar-refractivity contribution in [3.63, 3.8) is 0 Å². The van der Waals surface area contributed by atoms with Gasteiger partial charge in [-0.05, 0) is 11.6 Å². The van der Waals surface area contributed by atoms with Crippen LogP contribution in [0.2, 0.25) is 0 Å². The van der Waals surface area contributed by atoms with Crippen LogP contribution in [0.1, 0.15) is 11.6 Å². The standard InChI is InChI=1S/C12H17F2N3O4/c1-21-5-9(16-7-12(13,14)6-15)8-2-3-11(18)10(4-8)17(19)20/h2-4,9,16,18H,5-7,15H2,1H3. The van der Waals surface area contributed by atoms with Crippen molar-refractivity contribution in [1.29, 1.82) is 0 Å². The number of aromatic hydroxyl groups is 1. The van der Waals surface area contributed by atoms with E-state index in [2.05, 4.69) is 5.32 Å². The number of nitrogens with one attached hydrogen (secondary N) is 1. The van der Waals surface area contributed by atoms with E-state index in [1.807, 2.05) is 0 Å². The van der Waals surface area contributed by atoms with Crippen molar-refractivity contribution in [3.05, 3.63) is 33.9 Å². The molecule has 0 aliphatic rings. The molecule has 0 aliphatic carbocycles. The number of ether oxygens (including phenoxy) is 1.